The molecular formula is C12H15N3O4. The molecule has 7 heteroatoms. The van der Waals surface area contributed by atoms with Crippen LogP contribution in [0.15, 0.2) is 18.2 Å². The fourth-order valence-corrected chi connectivity index (χ4v) is 2.10. The summed E-state index contributed by atoms with van der Waals surface area (Å²) in [6.45, 7) is 1.13. The molecule has 1 aliphatic heterocycles. The lowest BCUT2D eigenvalue weighted by Gasteiger charge is -2.30. The monoisotopic (exact) mass is 265 g/mol. The molecule has 1 aliphatic rings. The van der Waals surface area contributed by atoms with E-state index in [4.69, 9.17) is 5.73 Å². The Morgan fingerprint density at radius 1 is 1.42 bits per heavy atom. The number of rotatable bonds is 2. The summed E-state index contributed by atoms with van der Waals surface area (Å²) in [4.78, 5) is 23.7. The Balaban J connectivity index is 2.16. The number of nitro benzene ring substituents is 1. The van der Waals surface area contributed by atoms with Crippen LogP contribution in [-0.2, 0) is 0 Å². The number of hydrogen-bond acceptors (Lipinski definition) is 5. The lowest BCUT2D eigenvalue weighted by molar-refractivity contribution is -0.385. The molecule has 0 spiro atoms. The fourth-order valence-electron chi connectivity index (χ4n) is 2.10. The maximum Gasteiger partial charge on any atom is 0.310 e. The minimum Gasteiger partial charge on any atom is -0.502 e. The number of phenols is 1. The van der Waals surface area contributed by atoms with Crippen LogP contribution in [0.25, 0.3) is 0 Å². The van der Waals surface area contributed by atoms with E-state index in [1.165, 1.54) is 6.07 Å². The van der Waals surface area contributed by atoms with Gasteiger partial charge in [0.15, 0.2) is 5.75 Å². The summed E-state index contributed by atoms with van der Waals surface area (Å²) < 4.78 is 0. The van der Waals surface area contributed by atoms with Gasteiger partial charge in [0.2, 0.25) is 0 Å². The third-order valence-corrected chi connectivity index (χ3v) is 3.25. The van der Waals surface area contributed by atoms with Crippen LogP contribution in [-0.4, -0.2) is 40.0 Å². The molecule has 19 heavy (non-hydrogen) atoms. The number of amides is 1. The highest BCUT2D eigenvalue weighted by Gasteiger charge is 2.23. The van der Waals surface area contributed by atoms with Gasteiger partial charge in [0, 0.05) is 30.8 Å². The Kier molecular flexibility index (Phi) is 3.66. The molecule has 0 bridgehead atoms. The summed E-state index contributed by atoms with van der Waals surface area (Å²) in [7, 11) is 0. The first kappa shape index (κ1) is 13.3. The van der Waals surface area contributed by atoms with Crippen molar-refractivity contribution in [2.75, 3.05) is 13.1 Å². The van der Waals surface area contributed by atoms with Crippen LogP contribution in [0, 0.1) is 10.1 Å². The van der Waals surface area contributed by atoms with Gasteiger partial charge in [0.25, 0.3) is 5.91 Å². The van der Waals surface area contributed by atoms with Crippen LogP contribution >= 0.6 is 0 Å². The first-order valence-corrected chi connectivity index (χ1v) is 6.01. The Hall–Kier alpha value is -2.15. The van der Waals surface area contributed by atoms with Gasteiger partial charge in [-0.1, -0.05) is 0 Å². The standard InChI is InChI=1S/C12H15N3O4/c13-9-3-5-14(6-4-9)12(17)8-1-2-10(15(18)19)11(16)7-8/h1-2,7,9,16H,3-6,13H2. The lowest BCUT2D eigenvalue weighted by atomic mass is 10.0. The second-order valence-corrected chi connectivity index (χ2v) is 4.59. The summed E-state index contributed by atoms with van der Waals surface area (Å²) >= 11 is 0. The number of aromatic hydroxyl groups is 1. The number of carbonyl (C=O) groups excluding carboxylic acids is 1. The molecule has 1 fully saturated rings. The van der Waals surface area contributed by atoms with E-state index in [1.807, 2.05) is 0 Å². The average Bonchev–Trinajstić information content (AvgIpc) is 2.38. The molecule has 1 aromatic rings. The number of nitro groups is 1. The Morgan fingerprint density at radius 3 is 2.58 bits per heavy atom. The Labute approximate surface area is 109 Å². The van der Waals surface area contributed by atoms with Gasteiger partial charge in [-0.3, -0.25) is 14.9 Å². The number of nitrogens with two attached hydrogens (primary N) is 1. The molecule has 1 aromatic carbocycles. The minimum absolute atomic E-state index is 0.120. The van der Waals surface area contributed by atoms with Crippen LogP contribution < -0.4 is 5.73 Å². The molecule has 102 valence electrons. The van der Waals surface area contributed by atoms with Crippen molar-refractivity contribution in [1.29, 1.82) is 0 Å². The first-order chi connectivity index (χ1) is 8.99. The van der Waals surface area contributed by atoms with Crippen molar-refractivity contribution in [3.05, 3.63) is 33.9 Å². The van der Waals surface area contributed by atoms with Gasteiger partial charge in [0.1, 0.15) is 0 Å². The van der Waals surface area contributed by atoms with E-state index < -0.39 is 16.4 Å². The highest BCUT2D eigenvalue weighted by Crippen LogP contribution is 2.27. The van der Waals surface area contributed by atoms with Crippen LogP contribution in [0.5, 0.6) is 5.75 Å². The van der Waals surface area contributed by atoms with E-state index in [0.717, 1.165) is 25.0 Å². The molecule has 0 unspecified atom stereocenters. The van der Waals surface area contributed by atoms with Crippen molar-refractivity contribution >= 4 is 11.6 Å². The molecule has 0 aromatic heterocycles. The lowest BCUT2D eigenvalue weighted by Crippen LogP contribution is -2.42. The van der Waals surface area contributed by atoms with Gasteiger partial charge in [-0.25, -0.2) is 0 Å². The van der Waals surface area contributed by atoms with Gasteiger partial charge in [-0.2, -0.15) is 0 Å². The molecule has 1 amide bonds. The average molecular weight is 265 g/mol. The summed E-state index contributed by atoms with van der Waals surface area (Å²) in [6.07, 6.45) is 1.48. The van der Waals surface area contributed by atoms with E-state index in [-0.39, 0.29) is 17.5 Å². The molecular weight excluding hydrogens is 250 g/mol. The molecule has 0 atom stereocenters. The van der Waals surface area contributed by atoms with E-state index in [1.54, 1.807) is 4.90 Å². The number of benzene rings is 1. The number of hydrogen-bond donors (Lipinski definition) is 2. The highest BCUT2D eigenvalue weighted by atomic mass is 16.6. The molecule has 0 radical (unpaired) electrons. The van der Waals surface area contributed by atoms with E-state index in [9.17, 15) is 20.0 Å². The van der Waals surface area contributed by atoms with Gasteiger partial charge in [-0.15, -0.1) is 0 Å². The van der Waals surface area contributed by atoms with Gasteiger partial charge in [-0.05, 0) is 25.0 Å². The van der Waals surface area contributed by atoms with Gasteiger partial charge >= 0.3 is 5.69 Å². The number of piperidine rings is 1. The highest BCUT2D eigenvalue weighted by molar-refractivity contribution is 5.95. The van der Waals surface area contributed by atoms with Crippen molar-refractivity contribution < 1.29 is 14.8 Å². The summed E-state index contributed by atoms with van der Waals surface area (Å²) in [5.74, 6) is -0.735. The second kappa shape index (κ2) is 5.23. The fraction of sp³-hybridized carbons (Fsp3) is 0.417. The van der Waals surface area contributed by atoms with Crippen molar-refractivity contribution in [2.24, 2.45) is 5.73 Å². The summed E-state index contributed by atoms with van der Waals surface area (Å²) in [6, 6.07) is 3.75. The third-order valence-electron chi connectivity index (χ3n) is 3.25. The zero-order chi connectivity index (χ0) is 14.0. The second-order valence-electron chi connectivity index (χ2n) is 4.59. The molecule has 3 N–H and O–H groups in total. The maximum absolute atomic E-state index is 12.1. The van der Waals surface area contributed by atoms with Crippen LogP contribution in [0.1, 0.15) is 23.2 Å². The van der Waals surface area contributed by atoms with Crippen molar-refractivity contribution in [3.8, 4) is 5.75 Å². The molecule has 1 heterocycles. The number of carbonyl (C=O) groups is 1. The summed E-state index contributed by atoms with van der Waals surface area (Å²) in [5.41, 5.74) is 5.60. The van der Waals surface area contributed by atoms with Gasteiger partial charge in [0.05, 0.1) is 4.92 Å². The molecule has 7 nitrogen and oxygen atoms in total. The SMILES string of the molecule is NC1CCN(C(=O)c2ccc([N+](=O)[O-])c(O)c2)CC1. The number of nitrogens with zero attached hydrogens (tertiary/aromatic N) is 2. The van der Waals surface area contributed by atoms with Crippen LogP contribution in [0.4, 0.5) is 5.69 Å². The molecule has 0 aliphatic carbocycles. The Bertz CT molecular complexity index is 510. The van der Waals surface area contributed by atoms with E-state index in [0.29, 0.717) is 13.1 Å². The largest absolute Gasteiger partial charge is 0.502 e. The normalized spacial score (nSPS) is 16.4. The first-order valence-electron chi connectivity index (χ1n) is 6.01. The third kappa shape index (κ3) is 2.82. The van der Waals surface area contributed by atoms with Crippen LogP contribution in [0.3, 0.4) is 0 Å². The molecule has 0 saturated carbocycles. The maximum atomic E-state index is 12.1. The quantitative estimate of drug-likeness (QED) is 0.608. The topological polar surface area (TPSA) is 110 Å². The molecule has 1 saturated heterocycles. The van der Waals surface area contributed by atoms with E-state index in [2.05, 4.69) is 0 Å². The predicted molar refractivity (Wildman–Crippen MR) is 67.9 cm³/mol. The Morgan fingerprint density at radius 2 is 2.05 bits per heavy atom. The molecule has 2 rings (SSSR count). The van der Waals surface area contributed by atoms with Gasteiger partial charge < -0.3 is 15.7 Å². The smallest absolute Gasteiger partial charge is 0.310 e. The predicted octanol–water partition coefficient (Wildman–Crippen LogP) is 0.864. The van der Waals surface area contributed by atoms with Crippen molar-refractivity contribution in [2.45, 2.75) is 18.9 Å². The van der Waals surface area contributed by atoms with Crippen molar-refractivity contribution in [1.82, 2.24) is 4.90 Å². The van der Waals surface area contributed by atoms with Crippen LogP contribution in [0.2, 0.25) is 0 Å². The zero-order valence-electron chi connectivity index (χ0n) is 10.3. The van der Waals surface area contributed by atoms with Crippen molar-refractivity contribution in [3.63, 3.8) is 0 Å². The number of likely N-dealkylation sites (tertiary alicyclic amines) is 1. The van der Waals surface area contributed by atoms with E-state index >= 15 is 0 Å². The minimum atomic E-state index is -0.691. The zero-order valence-corrected chi connectivity index (χ0v) is 10.3. The number of phenolic OH excluding ortho intramolecular Hbond substituents is 1. The summed E-state index contributed by atoms with van der Waals surface area (Å²) in [5, 5.41) is 20.1.